The summed E-state index contributed by atoms with van der Waals surface area (Å²) in [5.41, 5.74) is 4.51. The Kier molecular flexibility index (Phi) is 8.36. The Hall–Kier alpha value is -2.77. The standard InChI is InChI=1S/C20H21FIN5O2.CH2O2/c1-27-17-6-9-24-11-14(17)18(25-16-3-2-12(22)10-15(16)21)19(27)20(28)26-29-13-4-7-23-8-5-13;2-1-3/h2-3,6,9-11,13,23,25H,4-5,7-8H2,1H3,(H,26,28);1H,(H,2,3). The van der Waals surface area contributed by atoms with Crippen molar-refractivity contribution >= 4 is 57.2 Å². The molecule has 3 heterocycles. The molecule has 1 aliphatic heterocycles. The summed E-state index contributed by atoms with van der Waals surface area (Å²) in [4.78, 5) is 31.2. The molecule has 9 nitrogen and oxygen atoms in total. The predicted molar refractivity (Wildman–Crippen MR) is 126 cm³/mol. The summed E-state index contributed by atoms with van der Waals surface area (Å²) >= 11 is 2.05. The molecule has 0 aliphatic carbocycles. The molecule has 1 saturated heterocycles. The zero-order valence-corrected chi connectivity index (χ0v) is 19.4. The van der Waals surface area contributed by atoms with Gasteiger partial charge in [-0.25, -0.2) is 9.87 Å². The number of hydroxylamine groups is 1. The Morgan fingerprint density at radius 1 is 1.38 bits per heavy atom. The number of hydrogen-bond acceptors (Lipinski definition) is 6. The van der Waals surface area contributed by atoms with Crippen LogP contribution in [-0.2, 0) is 16.7 Å². The molecule has 3 aromatic rings. The van der Waals surface area contributed by atoms with Crippen molar-refractivity contribution in [2.24, 2.45) is 7.05 Å². The summed E-state index contributed by atoms with van der Waals surface area (Å²) in [5, 5.41) is 14.0. The van der Waals surface area contributed by atoms with E-state index in [0.29, 0.717) is 11.4 Å². The maximum absolute atomic E-state index is 14.4. The molecule has 0 radical (unpaired) electrons. The van der Waals surface area contributed by atoms with Crippen LogP contribution in [0.3, 0.4) is 0 Å². The number of rotatable bonds is 5. The highest BCUT2D eigenvalue weighted by molar-refractivity contribution is 14.1. The number of hydrogen-bond donors (Lipinski definition) is 4. The normalized spacial score (nSPS) is 13.8. The molecule has 2 aromatic heterocycles. The largest absolute Gasteiger partial charge is 0.483 e. The van der Waals surface area contributed by atoms with E-state index in [1.807, 2.05) is 6.07 Å². The summed E-state index contributed by atoms with van der Waals surface area (Å²) in [6.07, 6.45) is 4.95. The summed E-state index contributed by atoms with van der Waals surface area (Å²) in [5.74, 6) is -0.786. The van der Waals surface area contributed by atoms with Crippen molar-refractivity contribution in [2.75, 3.05) is 18.4 Å². The maximum Gasteiger partial charge on any atom is 0.293 e. The van der Waals surface area contributed by atoms with Gasteiger partial charge in [0, 0.05) is 28.4 Å². The Morgan fingerprint density at radius 2 is 2.09 bits per heavy atom. The van der Waals surface area contributed by atoms with E-state index in [9.17, 15) is 9.18 Å². The first-order valence-corrected chi connectivity index (χ1v) is 10.9. The van der Waals surface area contributed by atoms with Gasteiger partial charge in [-0.2, -0.15) is 0 Å². The van der Waals surface area contributed by atoms with Crippen molar-refractivity contribution in [1.29, 1.82) is 0 Å². The van der Waals surface area contributed by atoms with Crippen LogP contribution in [-0.4, -0.2) is 46.2 Å². The van der Waals surface area contributed by atoms with Gasteiger partial charge >= 0.3 is 0 Å². The molecule has 4 N–H and O–H groups in total. The molecule has 1 aliphatic rings. The van der Waals surface area contributed by atoms with Crippen molar-refractivity contribution in [3.8, 4) is 0 Å². The first-order chi connectivity index (χ1) is 15.5. The molecule has 170 valence electrons. The van der Waals surface area contributed by atoms with Crippen molar-refractivity contribution < 1.29 is 23.9 Å². The number of carbonyl (C=O) groups is 2. The van der Waals surface area contributed by atoms with Gasteiger partial charge in [0.15, 0.2) is 0 Å². The number of amides is 1. The highest BCUT2D eigenvalue weighted by Gasteiger charge is 2.24. The molecule has 0 atom stereocenters. The SMILES string of the molecule is Cn1c(C(=O)NOC2CCNCC2)c(Nc2ccc(I)cc2F)c2cnccc21.O=CO. The number of pyridine rings is 1. The monoisotopic (exact) mass is 555 g/mol. The lowest BCUT2D eigenvalue weighted by Crippen LogP contribution is -2.38. The topological polar surface area (TPSA) is 118 Å². The van der Waals surface area contributed by atoms with E-state index in [4.69, 9.17) is 14.7 Å². The van der Waals surface area contributed by atoms with E-state index in [2.05, 4.69) is 43.7 Å². The van der Waals surface area contributed by atoms with Crippen LogP contribution in [0.2, 0.25) is 0 Å². The van der Waals surface area contributed by atoms with Gasteiger partial charge in [-0.1, -0.05) is 0 Å². The number of halogens is 2. The molecule has 1 amide bonds. The van der Waals surface area contributed by atoms with Gasteiger partial charge < -0.3 is 20.3 Å². The number of carbonyl (C=O) groups excluding carboxylic acids is 1. The minimum absolute atomic E-state index is 0.0263. The van der Waals surface area contributed by atoms with Gasteiger partial charge in [0.1, 0.15) is 11.5 Å². The van der Waals surface area contributed by atoms with Gasteiger partial charge in [0.2, 0.25) is 0 Å². The number of fused-ring (bicyclic) bond motifs is 1. The number of nitrogens with one attached hydrogen (secondary N) is 3. The van der Waals surface area contributed by atoms with E-state index in [1.54, 1.807) is 36.1 Å². The van der Waals surface area contributed by atoms with Crippen LogP contribution < -0.4 is 16.1 Å². The van der Waals surface area contributed by atoms with E-state index in [0.717, 1.165) is 40.4 Å². The van der Waals surface area contributed by atoms with Crippen molar-refractivity contribution in [3.63, 3.8) is 0 Å². The van der Waals surface area contributed by atoms with E-state index < -0.39 is 11.7 Å². The van der Waals surface area contributed by atoms with Crippen molar-refractivity contribution in [1.82, 2.24) is 20.3 Å². The van der Waals surface area contributed by atoms with Crippen LogP contribution in [0.25, 0.3) is 10.9 Å². The van der Waals surface area contributed by atoms with Gasteiger partial charge in [0.25, 0.3) is 12.4 Å². The molecule has 0 unspecified atom stereocenters. The van der Waals surface area contributed by atoms with E-state index >= 15 is 0 Å². The Morgan fingerprint density at radius 3 is 2.78 bits per heavy atom. The summed E-state index contributed by atoms with van der Waals surface area (Å²) < 4.78 is 17.0. The minimum Gasteiger partial charge on any atom is -0.483 e. The smallest absolute Gasteiger partial charge is 0.293 e. The van der Waals surface area contributed by atoms with Crippen LogP contribution in [0.4, 0.5) is 15.8 Å². The second-order valence-electron chi connectivity index (χ2n) is 7.03. The summed E-state index contributed by atoms with van der Waals surface area (Å²) in [7, 11) is 1.79. The number of aromatic nitrogens is 2. The number of anilines is 2. The average molecular weight is 555 g/mol. The fourth-order valence-corrected chi connectivity index (χ4v) is 3.96. The third kappa shape index (κ3) is 5.53. The van der Waals surface area contributed by atoms with Gasteiger partial charge in [-0.15, -0.1) is 0 Å². The number of aryl methyl sites for hydroxylation is 1. The number of nitrogens with zero attached hydrogens (tertiary/aromatic N) is 2. The van der Waals surface area contributed by atoms with Gasteiger partial charge in [0.05, 0.1) is 23.0 Å². The Labute approximate surface area is 197 Å². The highest BCUT2D eigenvalue weighted by Crippen LogP contribution is 2.33. The number of benzene rings is 1. The maximum atomic E-state index is 14.4. The van der Waals surface area contributed by atoms with Crippen molar-refractivity contribution in [2.45, 2.75) is 18.9 Å². The third-order valence-electron chi connectivity index (χ3n) is 5.01. The highest BCUT2D eigenvalue weighted by atomic mass is 127. The molecule has 4 rings (SSSR count). The fraction of sp³-hybridized carbons (Fsp3) is 0.286. The molecule has 32 heavy (non-hydrogen) atoms. The molecule has 0 spiro atoms. The lowest BCUT2D eigenvalue weighted by molar-refractivity contribution is -0.122. The second kappa shape index (κ2) is 11.2. The lowest BCUT2D eigenvalue weighted by atomic mass is 10.1. The van der Waals surface area contributed by atoms with Gasteiger partial charge in [-0.05, 0) is 72.8 Å². The Balaban J connectivity index is 0.000000913. The quantitative estimate of drug-likeness (QED) is 0.217. The molecular formula is C21H23FIN5O4. The van der Waals surface area contributed by atoms with Crippen LogP contribution >= 0.6 is 22.6 Å². The average Bonchev–Trinajstić information content (AvgIpc) is 3.07. The zero-order chi connectivity index (χ0) is 23.1. The second-order valence-corrected chi connectivity index (χ2v) is 8.27. The molecular weight excluding hydrogens is 532 g/mol. The molecule has 0 bridgehead atoms. The molecule has 0 saturated carbocycles. The number of piperidine rings is 1. The number of carboxylic acid groups (broad SMARTS) is 1. The Bertz CT molecular complexity index is 1100. The fourth-order valence-electron chi connectivity index (χ4n) is 3.50. The predicted octanol–water partition coefficient (Wildman–Crippen LogP) is 3.17. The van der Waals surface area contributed by atoms with Crippen molar-refractivity contribution in [3.05, 3.63) is 51.7 Å². The first-order valence-electron chi connectivity index (χ1n) is 9.85. The molecule has 1 fully saturated rings. The van der Waals surface area contributed by atoms with Crippen LogP contribution in [0.15, 0.2) is 36.7 Å². The van der Waals surface area contributed by atoms with Gasteiger partial charge in [-0.3, -0.25) is 19.4 Å². The van der Waals surface area contributed by atoms with Crippen LogP contribution in [0, 0.1) is 9.39 Å². The molecule has 11 heteroatoms. The summed E-state index contributed by atoms with van der Waals surface area (Å²) in [6.45, 7) is 1.47. The van der Waals surface area contributed by atoms with E-state index in [1.165, 1.54) is 6.07 Å². The third-order valence-corrected chi connectivity index (χ3v) is 5.68. The van der Waals surface area contributed by atoms with E-state index in [-0.39, 0.29) is 18.3 Å². The van der Waals surface area contributed by atoms with Crippen LogP contribution in [0.1, 0.15) is 23.3 Å². The summed E-state index contributed by atoms with van der Waals surface area (Å²) in [6, 6.07) is 6.70. The zero-order valence-electron chi connectivity index (χ0n) is 17.3. The molecule has 1 aromatic carbocycles. The van der Waals surface area contributed by atoms with Crippen LogP contribution in [0.5, 0.6) is 0 Å². The first kappa shape index (κ1) is 23.9. The minimum atomic E-state index is -0.393. The lowest BCUT2D eigenvalue weighted by Gasteiger charge is -2.22.